The molecule has 2 heterocycles. The molecule has 0 aliphatic heterocycles. The minimum absolute atomic E-state index is 0.168. The van der Waals surface area contributed by atoms with Gasteiger partial charge < -0.3 is 9.84 Å². The second kappa shape index (κ2) is 10.6. The van der Waals surface area contributed by atoms with Crippen LogP contribution >= 0.6 is 11.6 Å². The van der Waals surface area contributed by atoms with E-state index in [1.54, 1.807) is 19.2 Å². The highest BCUT2D eigenvalue weighted by Gasteiger charge is 2.33. The number of nitrogens with zero attached hydrogens (tertiary/aromatic N) is 2. The topological polar surface area (TPSA) is 46.2 Å². The Hall–Kier alpha value is -4.15. The number of hydrogen-bond acceptors (Lipinski definition) is 3. The Morgan fingerprint density at radius 3 is 2.44 bits per heavy atom. The van der Waals surface area contributed by atoms with Crippen LogP contribution in [-0.4, -0.2) is 17.2 Å². The molecule has 0 saturated carbocycles. The van der Waals surface area contributed by atoms with Crippen LogP contribution in [0.1, 0.15) is 28.8 Å². The number of allylic oxidation sites excluding steroid dienone is 1. The Morgan fingerprint density at radius 2 is 1.67 bits per heavy atom. The number of hydrogen-bond donors (Lipinski definition) is 1. The van der Waals surface area contributed by atoms with Crippen molar-refractivity contribution in [2.24, 2.45) is 0 Å². The number of pyridine rings is 2. The van der Waals surface area contributed by atoms with E-state index in [2.05, 4.69) is 28.8 Å². The van der Waals surface area contributed by atoms with Gasteiger partial charge in [0.05, 0.1) is 18.5 Å². The molecule has 2 atom stereocenters. The van der Waals surface area contributed by atoms with Crippen LogP contribution in [0.3, 0.4) is 0 Å². The molecule has 4 nitrogen and oxygen atoms in total. The summed E-state index contributed by atoms with van der Waals surface area (Å²) in [5.41, 5.74) is 3.49. The van der Waals surface area contributed by atoms with Crippen molar-refractivity contribution in [1.29, 1.82) is 0 Å². The van der Waals surface area contributed by atoms with Gasteiger partial charge >= 0.3 is 0 Å². The molecule has 0 aliphatic carbocycles. The maximum absolute atomic E-state index is 11.2. The maximum Gasteiger partial charge on any atom is 0.210 e. The number of aromatic nitrogens is 2. The SMILES string of the molecule is COc1cccc(C(/C=C(\O)c2ccc(Cl)cc2)C(c2ccc3ccccc3n2)[n+]2ccccc2)c1. The predicted octanol–water partition coefficient (Wildman–Crippen LogP) is 7.16. The maximum atomic E-state index is 11.2. The Kier molecular flexibility index (Phi) is 6.96. The number of aliphatic hydroxyl groups excluding tert-OH is 1. The number of rotatable bonds is 7. The van der Waals surface area contributed by atoms with Gasteiger partial charge in [-0.15, -0.1) is 0 Å². The lowest BCUT2D eigenvalue weighted by atomic mass is 9.87. The van der Waals surface area contributed by atoms with Gasteiger partial charge in [0.15, 0.2) is 12.4 Å². The van der Waals surface area contributed by atoms with Gasteiger partial charge in [-0.1, -0.05) is 54.1 Å². The van der Waals surface area contributed by atoms with E-state index in [-0.39, 0.29) is 17.7 Å². The molecule has 3 aromatic carbocycles. The fraction of sp³-hybridized carbons (Fsp3) is 0.0968. The summed E-state index contributed by atoms with van der Waals surface area (Å²) in [6.07, 6.45) is 5.95. The molecule has 2 unspecified atom stereocenters. The molecule has 0 radical (unpaired) electrons. The number of aliphatic hydroxyl groups is 1. The third-order valence-corrected chi connectivity index (χ3v) is 6.53. The molecule has 5 aromatic rings. The first-order valence-electron chi connectivity index (χ1n) is 11.7. The molecule has 178 valence electrons. The van der Waals surface area contributed by atoms with Gasteiger partial charge in [-0.3, -0.25) is 0 Å². The van der Waals surface area contributed by atoms with Crippen molar-refractivity contribution in [3.8, 4) is 5.75 Å². The van der Waals surface area contributed by atoms with Gasteiger partial charge in [0.1, 0.15) is 17.2 Å². The monoisotopic (exact) mass is 493 g/mol. The van der Waals surface area contributed by atoms with Crippen molar-refractivity contribution in [2.75, 3.05) is 7.11 Å². The van der Waals surface area contributed by atoms with Crippen molar-refractivity contribution < 1.29 is 14.4 Å². The third-order valence-electron chi connectivity index (χ3n) is 6.28. The molecule has 0 amide bonds. The normalized spacial score (nSPS) is 13.3. The average Bonchev–Trinajstić information content (AvgIpc) is 2.93. The molecule has 5 rings (SSSR count). The summed E-state index contributed by atoms with van der Waals surface area (Å²) < 4.78 is 7.67. The molecule has 0 bridgehead atoms. The molecular weight excluding hydrogens is 468 g/mol. The Morgan fingerprint density at radius 1 is 0.889 bits per heavy atom. The van der Waals surface area contributed by atoms with E-state index in [9.17, 15) is 5.11 Å². The smallest absolute Gasteiger partial charge is 0.210 e. The third kappa shape index (κ3) is 5.09. The van der Waals surface area contributed by atoms with E-state index in [0.717, 1.165) is 27.9 Å². The van der Waals surface area contributed by atoms with E-state index < -0.39 is 0 Å². The zero-order valence-electron chi connectivity index (χ0n) is 19.8. The summed E-state index contributed by atoms with van der Waals surface area (Å²) in [5.74, 6) is 0.652. The quantitative estimate of drug-likeness (QED) is 0.193. The Labute approximate surface area is 215 Å². The summed E-state index contributed by atoms with van der Waals surface area (Å²) in [4.78, 5) is 5.05. The van der Waals surface area contributed by atoms with E-state index in [1.165, 1.54) is 0 Å². The number of halogens is 1. The van der Waals surface area contributed by atoms with Crippen molar-refractivity contribution in [3.63, 3.8) is 0 Å². The minimum Gasteiger partial charge on any atom is -0.508 e. The van der Waals surface area contributed by atoms with Crippen LogP contribution in [0.5, 0.6) is 5.75 Å². The van der Waals surface area contributed by atoms with Gasteiger partial charge in [-0.2, -0.15) is 4.57 Å². The molecule has 0 fully saturated rings. The van der Waals surface area contributed by atoms with Crippen LogP contribution in [-0.2, 0) is 0 Å². The number of methoxy groups -OCH3 is 1. The molecule has 0 spiro atoms. The second-order valence-electron chi connectivity index (χ2n) is 8.56. The molecule has 0 saturated heterocycles. The number of para-hydroxylation sites is 1. The molecule has 2 aromatic heterocycles. The van der Waals surface area contributed by atoms with Crippen molar-refractivity contribution >= 4 is 28.3 Å². The Bertz CT molecular complexity index is 1500. The summed E-state index contributed by atoms with van der Waals surface area (Å²) in [7, 11) is 1.66. The lowest BCUT2D eigenvalue weighted by Gasteiger charge is -2.22. The van der Waals surface area contributed by atoms with Crippen LogP contribution in [0.2, 0.25) is 5.02 Å². The zero-order chi connectivity index (χ0) is 24.9. The van der Waals surface area contributed by atoms with Crippen LogP contribution in [0, 0.1) is 0 Å². The predicted molar refractivity (Wildman–Crippen MR) is 144 cm³/mol. The lowest BCUT2D eigenvalue weighted by Crippen LogP contribution is -2.43. The fourth-order valence-electron chi connectivity index (χ4n) is 4.47. The number of ether oxygens (including phenoxy) is 1. The van der Waals surface area contributed by atoms with E-state index in [4.69, 9.17) is 21.3 Å². The first-order valence-corrected chi connectivity index (χ1v) is 12.1. The molecule has 36 heavy (non-hydrogen) atoms. The van der Waals surface area contributed by atoms with Gasteiger partial charge in [0.25, 0.3) is 0 Å². The standard InChI is InChI=1S/C31H25ClN2O2/c1-36-26-10-7-9-24(20-26)27(21-30(35)23-12-15-25(32)16-13-23)31(34-18-5-2-6-19-34)29-17-14-22-8-3-4-11-28(22)33-29/h2-21,27,31H,1H3/p+1/b30-21-. The van der Waals surface area contributed by atoms with Gasteiger partial charge in [-0.05, 0) is 60.2 Å². The molecular formula is C31H26ClN2O2+. The van der Waals surface area contributed by atoms with E-state index in [0.29, 0.717) is 10.6 Å². The summed E-state index contributed by atoms with van der Waals surface area (Å²) in [5, 5.41) is 12.9. The van der Waals surface area contributed by atoms with Crippen LogP contribution in [0.4, 0.5) is 0 Å². The Balaban J connectivity index is 1.72. The second-order valence-corrected chi connectivity index (χ2v) is 8.99. The highest BCUT2D eigenvalue weighted by atomic mass is 35.5. The molecule has 5 heteroatoms. The highest BCUT2D eigenvalue weighted by Crippen LogP contribution is 2.35. The summed E-state index contributed by atoms with van der Waals surface area (Å²) in [6.45, 7) is 0. The number of fused-ring (bicyclic) bond motifs is 1. The largest absolute Gasteiger partial charge is 0.508 e. The van der Waals surface area contributed by atoms with Gasteiger partial charge in [0.2, 0.25) is 6.04 Å². The average molecular weight is 494 g/mol. The molecule has 1 N–H and O–H groups in total. The fourth-order valence-corrected chi connectivity index (χ4v) is 4.60. The summed E-state index contributed by atoms with van der Waals surface area (Å²) in [6, 6.07) is 33.1. The highest BCUT2D eigenvalue weighted by molar-refractivity contribution is 6.30. The first kappa shape index (κ1) is 23.6. The van der Waals surface area contributed by atoms with Crippen LogP contribution in [0.15, 0.2) is 122 Å². The van der Waals surface area contributed by atoms with Gasteiger partial charge in [-0.25, -0.2) is 4.98 Å². The summed E-state index contributed by atoms with van der Waals surface area (Å²) >= 11 is 6.08. The van der Waals surface area contributed by atoms with E-state index >= 15 is 0 Å². The zero-order valence-corrected chi connectivity index (χ0v) is 20.6. The minimum atomic E-state index is -0.267. The van der Waals surface area contributed by atoms with Crippen LogP contribution in [0.25, 0.3) is 16.7 Å². The van der Waals surface area contributed by atoms with Crippen molar-refractivity contribution in [3.05, 3.63) is 143 Å². The van der Waals surface area contributed by atoms with Crippen molar-refractivity contribution in [1.82, 2.24) is 4.98 Å². The number of benzene rings is 3. The first-order chi connectivity index (χ1) is 17.6. The van der Waals surface area contributed by atoms with E-state index in [1.807, 2.05) is 85.2 Å². The molecule has 0 aliphatic rings. The van der Waals surface area contributed by atoms with Gasteiger partial charge in [0, 0.05) is 28.1 Å². The van der Waals surface area contributed by atoms with Crippen LogP contribution < -0.4 is 9.30 Å². The van der Waals surface area contributed by atoms with Crippen molar-refractivity contribution in [2.45, 2.75) is 12.0 Å². The lowest BCUT2D eigenvalue weighted by molar-refractivity contribution is -0.716.